The summed E-state index contributed by atoms with van der Waals surface area (Å²) in [7, 11) is -1.91. The predicted molar refractivity (Wildman–Crippen MR) is 107 cm³/mol. The SMILES string of the molecule is [C-]#[N+]c1ccc(S(=O)(=O)Nc2ccc(Cl)c(OC3CCN(C)C3)c2)c(Cl)c1. The molecule has 2 aromatic carbocycles. The first-order valence-electron chi connectivity index (χ1n) is 8.13. The van der Waals surface area contributed by atoms with E-state index in [0.717, 1.165) is 19.5 Å². The highest BCUT2D eigenvalue weighted by atomic mass is 35.5. The molecule has 9 heteroatoms. The van der Waals surface area contributed by atoms with Crippen LogP contribution < -0.4 is 9.46 Å². The Labute approximate surface area is 168 Å². The quantitative estimate of drug-likeness (QED) is 0.719. The van der Waals surface area contributed by atoms with Crippen molar-refractivity contribution >= 4 is 44.6 Å². The maximum atomic E-state index is 12.7. The third-order valence-electron chi connectivity index (χ3n) is 4.16. The van der Waals surface area contributed by atoms with Crippen molar-refractivity contribution < 1.29 is 13.2 Å². The number of likely N-dealkylation sites (tertiary alicyclic amines) is 1. The molecule has 1 aliphatic rings. The van der Waals surface area contributed by atoms with Gasteiger partial charge in [-0.2, -0.15) is 0 Å². The molecule has 3 rings (SSSR count). The molecule has 0 radical (unpaired) electrons. The van der Waals surface area contributed by atoms with Crippen LogP contribution in [-0.4, -0.2) is 39.6 Å². The van der Waals surface area contributed by atoms with Gasteiger partial charge in [0.1, 0.15) is 16.7 Å². The number of nitrogens with zero attached hydrogens (tertiary/aromatic N) is 2. The van der Waals surface area contributed by atoms with Gasteiger partial charge in [0.05, 0.1) is 22.3 Å². The van der Waals surface area contributed by atoms with Gasteiger partial charge in [0, 0.05) is 19.2 Å². The molecule has 1 saturated heterocycles. The highest BCUT2D eigenvalue weighted by Crippen LogP contribution is 2.32. The van der Waals surface area contributed by atoms with Crippen LogP contribution in [0, 0.1) is 6.57 Å². The number of anilines is 1. The number of sulfonamides is 1. The smallest absolute Gasteiger partial charge is 0.263 e. The lowest BCUT2D eigenvalue weighted by atomic mass is 10.3. The Morgan fingerprint density at radius 1 is 1.22 bits per heavy atom. The van der Waals surface area contributed by atoms with Crippen LogP contribution in [0.2, 0.25) is 10.0 Å². The van der Waals surface area contributed by atoms with Gasteiger partial charge in [0.15, 0.2) is 5.69 Å². The Morgan fingerprint density at radius 3 is 2.63 bits per heavy atom. The second-order valence-corrected chi connectivity index (χ2v) is 8.73. The minimum absolute atomic E-state index is 0.00923. The summed E-state index contributed by atoms with van der Waals surface area (Å²) in [5.74, 6) is 0.423. The Bertz CT molecular complexity index is 1010. The van der Waals surface area contributed by atoms with Gasteiger partial charge in [-0.3, -0.25) is 4.72 Å². The number of ether oxygens (including phenoxy) is 1. The fraction of sp³-hybridized carbons (Fsp3) is 0.278. The highest BCUT2D eigenvalue weighted by molar-refractivity contribution is 7.92. The molecule has 27 heavy (non-hydrogen) atoms. The highest BCUT2D eigenvalue weighted by Gasteiger charge is 2.23. The molecule has 1 aliphatic heterocycles. The molecular formula is C18H17Cl2N3O3S. The van der Waals surface area contributed by atoms with Gasteiger partial charge in [-0.05, 0) is 31.7 Å². The number of benzene rings is 2. The van der Waals surface area contributed by atoms with Crippen LogP contribution in [0.15, 0.2) is 41.3 Å². The van der Waals surface area contributed by atoms with E-state index in [4.69, 9.17) is 34.5 Å². The van der Waals surface area contributed by atoms with E-state index in [-0.39, 0.29) is 21.7 Å². The number of hydrogen-bond donors (Lipinski definition) is 1. The second-order valence-electron chi connectivity index (χ2n) is 6.27. The number of likely N-dealkylation sites (N-methyl/N-ethyl adjacent to an activating group) is 1. The average Bonchev–Trinajstić information content (AvgIpc) is 3.02. The van der Waals surface area contributed by atoms with Crippen molar-refractivity contribution in [2.24, 2.45) is 0 Å². The molecule has 142 valence electrons. The monoisotopic (exact) mass is 425 g/mol. The first kappa shape index (κ1) is 19.8. The lowest BCUT2D eigenvalue weighted by Gasteiger charge is -2.16. The van der Waals surface area contributed by atoms with Crippen molar-refractivity contribution in [2.45, 2.75) is 17.4 Å². The fourth-order valence-corrected chi connectivity index (χ4v) is 4.57. The Balaban J connectivity index is 1.82. The minimum atomic E-state index is -3.93. The first-order chi connectivity index (χ1) is 12.8. The van der Waals surface area contributed by atoms with Gasteiger partial charge in [-0.15, -0.1) is 0 Å². The standard InChI is InChI=1S/C18H17Cl2N3O3S/c1-21-12-4-6-18(16(20)9-12)27(24,25)22-13-3-5-15(19)17(10-13)26-14-7-8-23(2)11-14/h3-6,9-10,14,22H,7-8,11H2,2H3. The van der Waals surface area contributed by atoms with E-state index in [9.17, 15) is 8.42 Å². The van der Waals surface area contributed by atoms with Crippen molar-refractivity contribution in [3.8, 4) is 5.75 Å². The van der Waals surface area contributed by atoms with Gasteiger partial charge in [-0.25, -0.2) is 13.3 Å². The van der Waals surface area contributed by atoms with Crippen molar-refractivity contribution in [1.82, 2.24) is 4.90 Å². The van der Waals surface area contributed by atoms with E-state index in [1.54, 1.807) is 18.2 Å². The van der Waals surface area contributed by atoms with Crippen LogP contribution in [0.3, 0.4) is 0 Å². The summed E-state index contributed by atoms with van der Waals surface area (Å²) in [5.41, 5.74) is 0.578. The lowest BCUT2D eigenvalue weighted by Crippen LogP contribution is -2.21. The number of halogens is 2. The lowest BCUT2D eigenvalue weighted by molar-refractivity contribution is 0.208. The van der Waals surface area contributed by atoms with Crippen molar-refractivity contribution in [3.63, 3.8) is 0 Å². The Morgan fingerprint density at radius 2 is 2.00 bits per heavy atom. The first-order valence-corrected chi connectivity index (χ1v) is 10.4. The molecule has 6 nitrogen and oxygen atoms in total. The van der Waals surface area contributed by atoms with Gasteiger partial charge in [-0.1, -0.05) is 35.3 Å². The van der Waals surface area contributed by atoms with Crippen molar-refractivity contribution in [3.05, 3.63) is 57.9 Å². The summed E-state index contributed by atoms with van der Waals surface area (Å²) in [4.78, 5) is 5.28. The van der Waals surface area contributed by atoms with Gasteiger partial charge >= 0.3 is 0 Å². The largest absolute Gasteiger partial charge is 0.487 e. The zero-order valence-electron chi connectivity index (χ0n) is 14.4. The van der Waals surface area contributed by atoms with E-state index >= 15 is 0 Å². The molecule has 1 heterocycles. The maximum Gasteiger partial charge on any atom is 0.263 e. The molecule has 0 spiro atoms. The van der Waals surface area contributed by atoms with E-state index in [0.29, 0.717) is 16.5 Å². The number of nitrogens with one attached hydrogen (secondary N) is 1. The average molecular weight is 426 g/mol. The molecule has 0 aliphatic carbocycles. The maximum absolute atomic E-state index is 12.7. The van der Waals surface area contributed by atoms with Crippen LogP contribution in [0.4, 0.5) is 11.4 Å². The predicted octanol–water partition coefficient (Wildman–Crippen LogP) is 4.43. The molecule has 0 saturated carbocycles. The van der Waals surface area contributed by atoms with Gasteiger partial charge < -0.3 is 9.64 Å². The van der Waals surface area contributed by atoms with Crippen molar-refractivity contribution in [1.29, 1.82) is 0 Å². The van der Waals surface area contributed by atoms with E-state index in [1.807, 2.05) is 7.05 Å². The third kappa shape index (κ3) is 4.66. The molecule has 2 aromatic rings. The van der Waals surface area contributed by atoms with Crippen LogP contribution >= 0.6 is 23.2 Å². The Kier molecular flexibility index (Phi) is 5.82. The summed E-state index contributed by atoms with van der Waals surface area (Å²) in [6.07, 6.45) is 0.890. The summed E-state index contributed by atoms with van der Waals surface area (Å²) < 4.78 is 33.7. The van der Waals surface area contributed by atoms with Gasteiger partial charge in [0.25, 0.3) is 10.0 Å². The summed E-state index contributed by atoms with van der Waals surface area (Å²) in [6, 6.07) is 8.71. The minimum Gasteiger partial charge on any atom is -0.487 e. The third-order valence-corrected chi connectivity index (χ3v) is 6.34. The van der Waals surface area contributed by atoms with E-state index < -0.39 is 10.0 Å². The van der Waals surface area contributed by atoms with Gasteiger partial charge in [0.2, 0.25) is 0 Å². The molecule has 1 fully saturated rings. The van der Waals surface area contributed by atoms with Crippen LogP contribution in [-0.2, 0) is 10.0 Å². The van der Waals surface area contributed by atoms with Crippen LogP contribution in [0.1, 0.15) is 6.42 Å². The van der Waals surface area contributed by atoms with Crippen LogP contribution in [0.5, 0.6) is 5.75 Å². The molecule has 0 aromatic heterocycles. The molecule has 0 bridgehead atoms. The summed E-state index contributed by atoms with van der Waals surface area (Å²) in [5, 5.41) is 0.391. The molecular weight excluding hydrogens is 409 g/mol. The summed E-state index contributed by atoms with van der Waals surface area (Å²) in [6.45, 7) is 8.69. The normalized spacial score (nSPS) is 17.5. The molecule has 1 N–H and O–H groups in total. The molecule has 1 unspecified atom stereocenters. The summed E-state index contributed by atoms with van der Waals surface area (Å²) >= 11 is 12.2. The zero-order chi connectivity index (χ0) is 19.6. The van der Waals surface area contributed by atoms with Crippen molar-refractivity contribution in [2.75, 3.05) is 24.9 Å². The molecule has 1 atom stereocenters. The zero-order valence-corrected chi connectivity index (χ0v) is 16.8. The van der Waals surface area contributed by atoms with E-state index in [1.165, 1.54) is 18.2 Å². The van der Waals surface area contributed by atoms with E-state index in [2.05, 4.69) is 14.5 Å². The number of rotatable bonds is 5. The topological polar surface area (TPSA) is 63.0 Å². The Hall–Kier alpha value is -1.98. The molecule has 0 amide bonds. The number of hydrogen-bond acceptors (Lipinski definition) is 4. The fourth-order valence-electron chi connectivity index (χ4n) is 2.81. The van der Waals surface area contributed by atoms with Crippen LogP contribution in [0.25, 0.3) is 4.85 Å². The second kappa shape index (κ2) is 7.95.